The Kier molecular flexibility index (Phi) is 4.91. The maximum atomic E-state index is 13.7. The topological polar surface area (TPSA) is 53.9 Å². The molecule has 0 atom stereocenters. The van der Waals surface area contributed by atoms with E-state index in [1.54, 1.807) is 24.3 Å². The molecule has 0 radical (unpaired) electrons. The van der Waals surface area contributed by atoms with Crippen molar-refractivity contribution in [2.75, 3.05) is 42.8 Å². The smallest absolute Gasteiger partial charge is 0.267 e. The summed E-state index contributed by atoms with van der Waals surface area (Å²) in [7, 11) is -2.19. The first-order valence-corrected chi connectivity index (χ1v) is 9.48. The summed E-state index contributed by atoms with van der Waals surface area (Å²) in [6, 6.07) is 9.74. The molecule has 0 saturated carbocycles. The number of hydrogen-bond acceptors (Lipinski definition) is 3. The molecule has 1 aliphatic heterocycles. The number of likely N-dealkylation sites (N-methyl/N-ethyl adjacent to an activating group) is 1. The van der Waals surface area contributed by atoms with Gasteiger partial charge in [0, 0.05) is 11.4 Å². The van der Waals surface area contributed by atoms with Crippen LogP contribution in [0.3, 0.4) is 0 Å². The van der Waals surface area contributed by atoms with Crippen LogP contribution in [0.5, 0.6) is 0 Å². The highest BCUT2D eigenvalue weighted by molar-refractivity contribution is 7.92. The minimum atomic E-state index is -4.34. The summed E-state index contributed by atoms with van der Waals surface area (Å²) in [6.07, 6.45) is 0. The average molecular weight is 368 g/mol. The molecule has 25 heavy (non-hydrogen) atoms. The van der Waals surface area contributed by atoms with Gasteiger partial charge in [-0.3, -0.25) is 4.72 Å². The Balaban J connectivity index is 1.77. The summed E-state index contributed by atoms with van der Waals surface area (Å²) in [5, 5.41) is 0. The fraction of sp³-hybridized carbons (Fsp3) is 0.294. The van der Waals surface area contributed by atoms with Crippen molar-refractivity contribution in [3.8, 4) is 0 Å². The van der Waals surface area contributed by atoms with Gasteiger partial charge < -0.3 is 9.80 Å². The normalized spacial score (nSPS) is 16.0. The number of piperazine rings is 1. The Morgan fingerprint density at radius 1 is 1.00 bits per heavy atom. The van der Waals surface area contributed by atoms with Gasteiger partial charge in [-0.1, -0.05) is 6.07 Å². The molecule has 2 N–H and O–H groups in total. The Hall–Kier alpha value is -2.19. The Bertz CT molecular complexity index is 828. The highest BCUT2D eigenvalue weighted by Crippen LogP contribution is 2.23. The van der Waals surface area contributed by atoms with E-state index in [0.717, 1.165) is 50.1 Å². The Labute approximate surface area is 145 Å². The second-order valence-electron chi connectivity index (χ2n) is 6.15. The van der Waals surface area contributed by atoms with E-state index in [4.69, 9.17) is 0 Å². The van der Waals surface area contributed by atoms with Crippen molar-refractivity contribution < 1.29 is 22.1 Å². The fourth-order valence-electron chi connectivity index (χ4n) is 2.83. The van der Waals surface area contributed by atoms with Gasteiger partial charge in [0.15, 0.2) is 4.90 Å². The van der Waals surface area contributed by atoms with Crippen molar-refractivity contribution in [1.82, 2.24) is 0 Å². The molecule has 3 rings (SSSR count). The Morgan fingerprint density at radius 3 is 2.12 bits per heavy atom. The zero-order valence-corrected chi connectivity index (χ0v) is 14.6. The van der Waals surface area contributed by atoms with Crippen molar-refractivity contribution in [1.29, 1.82) is 0 Å². The first kappa shape index (κ1) is 17.6. The number of hydrogen-bond donors (Lipinski definition) is 2. The van der Waals surface area contributed by atoms with Crippen LogP contribution in [0.25, 0.3) is 0 Å². The van der Waals surface area contributed by atoms with Gasteiger partial charge in [0.25, 0.3) is 10.0 Å². The lowest BCUT2D eigenvalue weighted by Gasteiger charge is -2.31. The molecule has 0 spiro atoms. The lowest BCUT2D eigenvalue weighted by Crippen LogP contribution is -3.12. The quantitative estimate of drug-likeness (QED) is 0.850. The Morgan fingerprint density at radius 2 is 1.56 bits per heavy atom. The predicted molar refractivity (Wildman–Crippen MR) is 92.4 cm³/mol. The van der Waals surface area contributed by atoms with E-state index < -0.39 is 26.6 Å². The molecule has 0 unspecified atom stereocenters. The van der Waals surface area contributed by atoms with Crippen LogP contribution in [0.1, 0.15) is 0 Å². The van der Waals surface area contributed by atoms with Crippen LogP contribution in [-0.4, -0.2) is 41.6 Å². The average Bonchev–Trinajstić information content (AvgIpc) is 2.55. The monoisotopic (exact) mass is 368 g/mol. The van der Waals surface area contributed by atoms with Crippen molar-refractivity contribution >= 4 is 21.4 Å². The number of halogens is 2. The lowest BCUT2D eigenvalue weighted by atomic mass is 10.2. The summed E-state index contributed by atoms with van der Waals surface area (Å²) in [5.41, 5.74) is 1.25. The molecule has 1 heterocycles. The van der Waals surface area contributed by atoms with E-state index >= 15 is 0 Å². The van der Waals surface area contributed by atoms with Gasteiger partial charge >= 0.3 is 0 Å². The number of nitrogens with one attached hydrogen (secondary N) is 2. The second-order valence-corrected chi connectivity index (χ2v) is 7.77. The molecular weight excluding hydrogens is 348 g/mol. The first-order chi connectivity index (χ1) is 11.9. The van der Waals surface area contributed by atoms with Crippen LogP contribution in [0.4, 0.5) is 20.2 Å². The molecule has 0 aromatic heterocycles. The molecule has 8 heteroatoms. The fourth-order valence-corrected chi connectivity index (χ4v) is 4.03. The molecule has 1 aliphatic rings. The number of sulfonamides is 1. The third-order valence-electron chi connectivity index (χ3n) is 4.29. The second kappa shape index (κ2) is 6.97. The highest BCUT2D eigenvalue weighted by atomic mass is 32.2. The van der Waals surface area contributed by atoms with Crippen molar-refractivity contribution in [2.24, 2.45) is 0 Å². The van der Waals surface area contributed by atoms with Crippen molar-refractivity contribution in [2.45, 2.75) is 4.90 Å². The SMILES string of the molecule is C[NH+]1CCN(c2ccc(NS(=O)(=O)c3c(F)cccc3F)cc2)CC1. The molecule has 0 amide bonds. The first-order valence-electron chi connectivity index (χ1n) is 8.00. The summed E-state index contributed by atoms with van der Waals surface area (Å²) >= 11 is 0. The van der Waals surface area contributed by atoms with Crippen LogP contribution in [-0.2, 0) is 10.0 Å². The molecule has 2 aromatic rings. The molecule has 1 saturated heterocycles. The molecule has 0 aliphatic carbocycles. The van der Waals surface area contributed by atoms with Gasteiger partial charge in [-0.15, -0.1) is 0 Å². The number of nitrogens with zero attached hydrogens (tertiary/aromatic N) is 1. The zero-order valence-electron chi connectivity index (χ0n) is 13.8. The number of anilines is 2. The van der Waals surface area contributed by atoms with E-state index in [9.17, 15) is 17.2 Å². The van der Waals surface area contributed by atoms with Gasteiger partial charge in [0.1, 0.15) is 11.6 Å². The van der Waals surface area contributed by atoms with Crippen LogP contribution in [0.2, 0.25) is 0 Å². The van der Waals surface area contributed by atoms with Crippen LogP contribution < -0.4 is 14.5 Å². The number of benzene rings is 2. The standard InChI is InChI=1S/C17H19F2N3O2S/c1-21-9-11-22(12-10-21)14-7-5-13(6-8-14)20-25(23,24)17-15(18)3-2-4-16(17)19/h2-8,20H,9-12H2,1H3/p+1. The molecule has 1 fully saturated rings. The van der Waals surface area contributed by atoms with E-state index in [2.05, 4.69) is 16.7 Å². The zero-order chi connectivity index (χ0) is 18.0. The minimum absolute atomic E-state index is 0.256. The van der Waals surface area contributed by atoms with E-state index in [0.29, 0.717) is 0 Å². The van der Waals surface area contributed by atoms with Crippen LogP contribution in [0, 0.1) is 11.6 Å². The molecule has 134 valence electrons. The molecule has 5 nitrogen and oxygen atoms in total. The summed E-state index contributed by atoms with van der Waals surface area (Å²) in [6.45, 7) is 3.94. The maximum Gasteiger partial charge on any atom is 0.267 e. The van der Waals surface area contributed by atoms with Crippen LogP contribution >= 0.6 is 0 Å². The van der Waals surface area contributed by atoms with Gasteiger partial charge in [0.2, 0.25) is 0 Å². The lowest BCUT2D eigenvalue weighted by molar-refractivity contribution is -0.880. The number of rotatable bonds is 4. The minimum Gasteiger partial charge on any atom is -0.360 e. The van der Waals surface area contributed by atoms with Crippen molar-refractivity contribution in [3.05, 3.63) is 54.1 Å². The highest BCUT2D eigenvalue weighted by Gasteiger charge is 2.24. The maximum absolute atomic E-state index is 13.7. The molecule has 0 bridgehead atoms. The summed E-state index contributed by atoms with van der Waals surface area (Å²) in [4.78, 5) is 2.73. The van der Waals surface area contributed by atoms with Gasteiger partial charge in [-0.25, -0.2) is 17.2 Å². The largest absolute Gasteiger partial charge is 0.360 e. The van der Waals surface area contributed by atoms with Gasteiger partial charge in [-0.05, 0) is 36.4 Å². The third kappa shape index (κ3) is 3.91. The van der Waals surface area contributed by atoms with Gasteiger partial charge in [-0.2, -0.15) is 0 Å². The number of quaternary nitrogens is 1. The van der Waals surface area contributed by atoms with E-state index in [1.165, 1.54) is 4.90 Å². The molecular formula is C17H20F2N3O2S+. The third-order valence-corrected chi connectivity index (χ3v) is 5.72. The van der Waals surface area contributed by atoms with E-state index in [-0.39, 0.29) is 5.69 Å². The van der Waals surface area contributed by atoms with Gasteiger partial charge in [0.05, 0.1) is 33.2 Å². The van der Waals surface area contributed by atoms with E-state index in [1.807, 2.05) is 0 Å². The summed E-state index contributed by atoms with van der Waals surface area (Å²) < 4.78 is 54.2. The van der Waals surface area contributed by atoms with Crippen LogP contribution in [0.15, 0.2) is 47.4 Å². The van der Waals surface area contributed by atoms with Crippen molar-refractivity contribution in [3.63, 3.8) is 0 Å². The summed E-state index contributed by atoms with van der Waals surface area (Å²) in [5.74, 6) is -2.24. The predicted octanol–water partition coefficient (Wildman–Crippen LogP) is 1.10. The molecule has 2 aromatic carbocycles.